The van der Waals surface area contributed by atoms with Crippen molar-refractivity contribution >= 4 is 11.7 Å². The minimum atomic E-state index is -0.278. The van der Waals surface area contributed by atoms with Crippen molar-refractivity contribution in [3.63, 3.8) is 0 Å². The number of carbonyl (C=O) groups is 1. The second-order valence-corrected chi connectivity index (χ2v) is 4.27. The highest BCUT2D eigenvalue weighted by atomic mass is 16.5. The van der Waals surface area contributed by atoms with Crippen LogP contribution < -0.4 is 20.1 Å². The molecule has 0 saturated heterocycles. The Morgan fingerprint density at radius 3 is 2.57 bits per heavy atom. The number of carbonyl (C=O) groups excluding carboxylic acids is 1. The van der Waals surface area contributed by atoms with Gasteiger partial charge in [0.2, 0.25) is 0 Å². The van der Waals surface area contributed by atoms with Crippen LogP contribution >= 0.6 is 0 Å². The molecular formula is C16H18N2O3. The first-order valence-electron chi connectivity index (χ1n) is 6.64. The summed E-state index contributed by atoms with van der Waals surface area (Å²) in [5, 5.41) is 5.45. The number of amides is 2. The van der Waals surface area contributed by atoms with Gasteiger partial charge >= 0.3 is 6.03 Å². The zero-order chi connectivity index (χ0) is 14.9. The molecule has 0 aliphatic rings. The molecule has 0 aliphatic heterocycles. The molecule has 2 N–H and O–H groups in total. The summed E-state index contributed by atoms with van der Waals surface area (Å²) in [4.78, 5) is 11.7. The van der Waals surface area contributed by atoms with E-state index in [-0.39, 0.29) is 6.03 Å². The molecule has 0 aliphatic carbocycles. The third-order valence-corrected chi connectivity index (χ3v) is 2.73. The lowest BCUT2D eigenvalue weighted by Gasteiger charge is -2.09. The molecule has 0 atom stereocenters. The number of para-hydroxylation sites is 1. The fourth-order valence-corrected chi connectivity index (χ4v) is 1.73. The maximum absolute atomic E-state index is 11.7. The van der Waals surface area contributed by atoms with E-state index in [1.807, 2.05) is 42.5 Å². The summed E-state index contributed by atoms with van der Waals surface area (Å²) in [6.45, 7) is 0.834. The Hall–Kier alpha value is -2.69. The average Bonchev–Trinajstić information content (AvgIpc) is 2.53. The molecular weight excluding hydrogens is 268 g/mol. The van der Waals surface area contributed by atoms with Gasteiger partial charge in [0.15, 0.2) is 0 Å². The molecule has 5 heteroatoms. The van der Waals surface area contributed by atoms with Crippen molar-refractivity contribution in [1.29, 1.82) is 0 Å². The number of rotatable bonds is 6. The fourth-order valence-electron chi connectivity index (χ4n) is 1.73. The first kappa shape index (κ1) is 14.7. The molecule has 0 fully saturated rings. The normalized spacial score (nSPS) is 9.76. The SMILES string of the molecule is COc1cccc(NC(=O)NCCOc2ccccc2)c1. The molecule has 21 heavy (non-hydrogen) atoms. The largest absolute Gasteiger partial charge is 0.497 e. The summed E-state index contributed by atoms with van der Waals surface area (Å²) in [6, 6.07) is 16.4. The van der Waals surface area contributed by atoms with Gasteiger partial charge in [0, 0.05) is 11.8 Å². The Bertz CT molecular complexity index is 573. The second kappa shape index (κ2) is 7.79. The van der Waals surface area contributed by atoms with Gasteiger partial charge in [-0.1, -0.05) is 24.3 Å². The van der Waals surface area contributed by atoms with E-state index < -0.39 is 0 Å². The number of benzene rings is 2. The summed E-state index contributed by atoms with van der Waals surface area (Å²) in [5.41, 5.74) is 0.677. The van der Waals surface area contributed by atoms with Crippen molar-refractivity contribution < 1.29 is 14.3 Å². The maximum Gasteiger partial charge on any atom is 0.319 e. The van der Waals surface area contributed by atoms with E-state index in [1.165, 1.54) is 0 Å². The van der Waals surface area contributed by atoms with E-state index in [0.29, 0.717) is 24.6 Å². The van der Waals surface area contributed by atoms with Gasteiger partial charge in [-0.15, -0.1) is 0 Å². The number of methoxy groups -OCH3 is 1. The molecule has 0 radical (unpaired) electrons. The molecule has 0 heterocycles. The van der Waals surface area contributed by atoms with Crippen LogP contribution in [0, 0.1) is 0 Å². The molecule has 2 aromatic carbocycles. The average molecular weight is 286 g/mol. The summed E-state index contributed by atoms with van der Waals surface area (Å²) in [5.74, 6) is 1.48. The highest BCUT2D eigenvalue weighted by Gasteiger charge is 2.02. The second-order valence-electron chi connectivity index (χ2n) is 4.27. The van der Waals surface area contributed by atoms with Gasteiger partial charge in [-0.2, -0.15) is 0 Å². The van der Waals surface area contributed by atoms with Crippen molar-refractivity contribution in [2.75, 3.05) is 25.6 Å². The van der Waals surface area contributed by atoms with Crippen LogP contribution in [0.4, 0.5) is 10.5 Å². The zero-order valence-corrected chi connectivity index (χ0v) is 11.8. The zero-order valence-electron chi connectivity index (χ0n) is 11.8. The van der Waals surface area contributed by atoms with Gasteiger partial charge in [-0.05, 0) is 24.3 Å². The molecule has 0 unspecified atom stereocenters. The fraction of sp³-hybridized carbons (Fsp3) is 0.188. The lowest BCUT2D eigenvalue weighted by atomic mass is 10.3. The van der Waals surface area contributed by atoms with Crippen LogP contribution in [0.5, 0.6) is 11.5 Å². The Morgan fingerprint density at radius 2 is 1.81 bits per heavy atom. The highest BCUT2D eigenvalue weighted by Crippen LogP contribution is 2.16. The van der Waals surface area contributed by atoms with E-state index in [4.69, 9.17) is 9.47 Å². The highest BCUT2D eigenvalue weighted by molar-refractivity contribution is 5.89. The molecule has 0 spiro atoms. The van der Waals surface area contributed by atoms with Gasteiger partial charge < -0.3 is 20.1 Å². The first-order chi connectivity index (χ1) is 10.3. The summed E-state index contributed by atoms with van der Waals surface area (Å²) in [7, 11) is 1.58. The molecule has 110 valence electrons. The van der Waals surface area contributed by atoms with Crippen molar-refractivity contribution in [1.82, 2.24) is 5.32 Å². The molecule has 0 aromatic heterocycles. The van der Waals surface area contributed by atoms with E-state index in [0.717, 1.165) is 5.75 Å². The minimum Gasteiger partial charge on any atom is -0.497 e. The standard InChI is InChI=1S/C16H18N2O3/c1-20-15-9-5-6-13(12-15)18-16(19)17-10-11-21-14-7-3-2-4-8-14/h2-9,12H,10-11H2,1H3,(H2,17,18,19). The van der Waals surface area contributed by atoms with E-state index in [2.05, 4.69) is 10.6 Å². The Morgan fingerprint density at radius 1 is 1.05 bits per heavy atom. The lowest BCUT2D eigenvalue weighted by Crippen LogP contribution is -2.32. The summed E-state index contributed by atoms with van der Waals surface area (Å²) >= 11 is 0. The molecule has 5 nitrogen and oxygen atoms in total. The van der Waals surface area contributed by atoms with Gasteiger partial charge in [-0.25, -0.2) is 4.79 Å². The molecule has 0 bridgehead atoms. The number of hydrogen-bond acceptors (Lipinski definition) is 3. The number of ether oxygens (including phenoxy) is 2. The third-order valence-electron chi connectivity index (χ3n) is 2.73. The number of hydrogen-bond donors (Lipinski definition) is 2. The number of anilines is 1. The number of nitrogens with one attached hydrogen (secondary N) is 2. The Labute approximate surface area is 123 Å². The van der Waals surface area contributed by atoms with E-state index >= 15 is 0 Å². The molecule has 2 rings (SSSR count). The van der Waals surface area contributed by atoms with Crippen molar-refractivity contribution in [2.24, 2.45) is 0 Å². The van der Waals surface area contributed by atoms with Crippen molar-refractivity contribution in [3.8, 4) is 11.5 Å². The third kappa shape index (κ3) is 5.06. The van der Waals surface area contributed by atoms with Crippen LogP contribution in [0.25, 0.3) is 0 Å². The predicted octanol–water partition coefficient (Wildman–Crippen LogP) is 2.90. The molecule has 2 amide bonds. The number of urea groups is 1. The smallest absolute Gasteiger partial charge is 0.319 e. The van der Waals surface area contributed by atoms with Crippen molar-refractivity contribution in [3.05, 3.63) is 54.6 Å². The molecule has 0 saturated carbocycles. The van der Waals surface area contributed by atoms with Gasteiger partial charge in [-0.3, -0.25) is 0 Å². The topological polar surface area (TPSA) is 59.6 Å². The quantitative estimate of drug-likeness (QED) is 0.803. The maximum atomic E-state index is 11.7. The van der Waals surface area contributed by atoms with Gasteiger partial charge in [0.1, 0.15) is 18.1 Å². The summed E-state index contributed by atoms with van der Waals surface area (Å²) in [6.07, 6.45) is 0. The van der Waals surface area contributed by atoms with Crippen LogP contribution in [0.2, 0.25) is 0 Å². The monoisotopic (exact) mass is 286 g/mol. The lowest BCUT2D eigenvalue weighted by molar-refractivity contribution is 0.247. The first-order valence-corrected chi connectivity index (χ1v) is 6.64. The Balaban J connectivity index is 1.70. The van der Waals surface area contributed by atoms with Gasteiger partial charge in [0.05, 0.1) is 13.7 Å². The van der Waals surface area contributed by atoms with Crippen LogP contribution in [-0.4, -0.2) is 26.3 Å². The predicted molar refractivity (Wildman–Crippen MR) is 82.0 cm³/mol. The van der Waals surface area contributed by atoms with E-state index in [1.54, 1.807) is 19.2 Å². The summed E-state index contributed by atoms with van der Waals surface area (Å²) < 4.78 is 10.6. The van der Waals surface area contributed by atoms with Gasteiger partial charge in [0.25, 0.3) is 0 Å². The van der Waals surface area contributed by atoms with Crippen molar-refractivity contribution in [2.45, 2.75) is 0 Å². The minimum absolute atomic E-state index is 0.278. The molecule has 2 aromatic rings. The Kier molecular flexibility index (Phi) is 5.46. The van der Waals surface area contributed by atoms with Crippen LogP contribution in [0.3, 0.4) is 0 Å². The van der Waals surface area contributed by atoms with Crippen LogP contribution in [0.15, 0.2) is 54.6 Å². The van der Waals surface area contributed by atoms with Crippen LogP contribution in [-0.2, 0) is 0 Å². The van der Waals surface area contributed by atoms with E-state index in [9.17, 15) is 4.79 Å². The van der Waals surface area contributed by atoms with Crippen LogP contribution in [0.1, 0.15) is 0 Å².